The maximum Gasteiger partial charge on any atom is 0.265 e. The highest BCUT2D eigenvalue weighted by Gasteiger charge is 2.18. The summed E-state index contributed by atoms with van der Waals surface area (Å²) < 4.78 is 10.8. The first kappa shape index (κ1) is 17.4. The van der Waals surface area contributed by atoms with Crippen LogP contribution in [0.25, 0.3) is 0 Å². The molecule has 1 N–H and O–H groups in total. The van der Waals surface area contributed by atoms with Gasteiger partial charge in [-0.2, -0.15) is 0 Å². The zero-order valence-corrected chi connectivity index (χ0v) is 14.5. The van der Waals surface area contributed by atoms with Crippen molar-refractivity contribution in [2.75, 3.05) is 12.4 Å². The molecular weight excluding hydrogens is 337 g/mol. The van der Waals surface area contributed by atoms with Crippen LogP contribution < -0.4 is 14.8 Å². The predicted octanol–water partition coefficient (Wildman–Crippen LogP) is 4.72. The van der Waals surface area contributed by atoms with E-state index < -0.39 is 6.10 Å². The van der Waals surface area contributed by atoms with Crippen molar-refractivity contribution >= 4 is 34.8 Å². The number of carbonyl (C=O) groups excluding carboxylic acids is 1. The van der Waals surface area contributed by atoms with E-state index in [2.05, 4.69) is 5.32 Å². The van der Waals surface area contributed by atoms with Crippen LogP contribution in [0.5, 0.6) is 11.5 Å². The van der Waals surface area contributed by atoms with Gasteiger partial charge in [-0.1, -0.05) is 29.3 Å². The second-order valence-electron chi connectivity index (χ2n) is 5.03. The Morgan fingerprint density at radius 1 is 1.13 bits per heavy atom. The number of methoxy groups -OCH3 is 1. The number of benzene rings is 2. The third kappa shape index (κ3) is 4.53. The molecule has 0 aromatic heterocycles. The average Bonchev–Trinajstić information content (AvgIpc) is 2.51. The summed E-state index contributed by atoms with van der Waals surface area (Å²) in [6, 6.07) is 10.4. The maximum atomic E-state index is 12.3. The number of aryl methyl sites for hydroxylation is 1. The van der Waals surface area contributed by atoms with E-state index in [1.807, 2.05) is 13.0 Å². The van der Waals surface area contributed by atoms with E-state index in [0.29, 0.717) is 27.2 Å². The lowest BCUT2D eigenvalue weighted by Gasteiger charge is -2.17. The second-order valence-corrected chi connectivity index (χ2v) is 5.87. The molecular formula is C17H17Cl2NO3. The SMILES string of the molecule is COc1ccc(Cl)cc1NC(=O)C(C)Oc1cc(C)ccc1Cl. The smallest absolute Gasteiger partial charge is 0.265 e. The molecule has 0 saturated carbocycles. The highest BCUT2D eigenvalue weighted by Crippen LogP contribution is 2.29. The maximum absolute atomic E-state index is 12.3. The summed E-state index contributed by atoms with van der Waals surface area (Å²) in [5.41, 5.74) is 1.48. The molecule has 0 heterocycles. The molecule has 4 nitrogen and oxygen atoms in total. The fraction of sp³-hybridized carbons (Fsp3) is 0.235. The van der Waals surface area contributed by atoms with E-state index >= 15 is 0 Å². The molecule has 0 aliphatic rings. The van der Waals surface area contributed by atoms with Gasteiger partial charge >= 0.3 is 0 Å². The number of hydrogen-bond donors (Lipinski definition) is 1. The molecule has 0 aliphatic carbocycles. The van der Waals surface area contributed by atoms with Crippen molar-refractivity contribution in [3.05, 3.63) is 52.0 Å². The van der Waals surface area contributed by atoms with Crippen molar-refractivity contribution < 1.29 is 14.3 Å². The lowest BCUT2D eigenvalue weighted by atomic mass is 10.2. The molecule has 1 amide bonds. The summed E-state index contributed by atoms with van der Waals surface area (Å²) in [5.74, 6) is 0.652. The number of ether oxygens (including phenoxy) is 2. The van der Waals surface area contributed by atoms with Gasteiger partial charge in [-0.05, 0) is 49.7 Å². The van der Waals surface area contributed by atoms with Crippen molar-refractivity contribution in [1.82, 2.24) is 0 Å². The quantitative estimate of drug-likeness (QED) is 0.845. The van der Waals surface area contributed by atoms with Crippen molar-refractivity contribution in [3.8, 4) is 11.5 Å². The first-order chi connectivity index (χ1) is 10.9. The van der Waals surface area contributed by atoms with Crippen LogP contribution in [0, 0.1) is 6.92 Å². The minimum Gasteiger partial charge on any atom is -0.495 e. The molecule has 2 aromatic carbocycles. The van der Waals surface area contributed by atoms with Gasteiger partial charge in [0.05, 0.1) is 17.8 Å². The highest BCUT2D eigenvalue weighted by molar-refractivity contribution is 6.32. The average molecular weight is 354 g/mol. The minimum atomic E-state index is -0.738. The Hall–Kier alpha value is -1.91. The Labute approximate surface area is 145 Å². The minimum absolute atomic E-state index is 0.330. The third-order valence-electron chi connectivity index (χ3n) is 3.18. The normalized spacial score (nSPS) is 11.7. The number of halogens is 2. The predicted molar refractivity (Wildman–Crippen MR) is 92.9 cm³/mol. The highest BCUT2D eigenvalue weighted by atomic mass is 35.5. The Morgan fingerprint density at radius 2 is 1.87 bits per heavy atom. The Bertz CT molecular complexity index is 719. The number of rotatable bonds is 5. The van der Waals surface area contributed by atoms with Gasteiger partial charge in [-0.25, -0.2) is 0 Å². The van der Waals surface area contributed by atoms with E-state index in [4.69, 9.17) is 32.7 Å². The van der Waals surface area contributed by atoms with E-state index in [9.17, 15) is 4.79 Å². The molecule has 2 rings (SSSR count). The van der Waals surface area contributed by atoms with Crippen LogP contribution in [0.2, 0.25) is 10.0 Å². The topological polar surface area (TPSA) is 47.6 Å². The van der Waals surface area contributed by atoms with Gasteiger partial charge in [0.25, 0.3) is 5.91 Å². The van der Waals surface area contributed by atoms with Crippen molar-refractivity contribution in [2.24, 2.45) is 0 Å². The van der Waals surface area contributed by atoms with E-state index in [-0.39, 0.29) is 5.91 Å². The second kappa shape index (κ2) is 7.57. The summed E-state index contributed by atoms with van der Waals surface area (Å²) in [6.45, 7) is 3.57. The van der Waals surface area contributed by atoms with E-state index in [1.165, 1.54) is 7.11 Å². The zero-order chi connectivity index (χ0) is 17.0. The van der Waals surface area contributed by atoms with Gasteiger partial charge in [0.1, 0.15) is 11.5 Å². The fourth-order valence-electron chi connectivity index (χ4n) is 1.96. The van der Waals surface area contributed by atoms with Crippen LogP contribution in [0.3, 0.4) is 0 Å². The summed E-state index contributed by atoms with van der Waals surface area (Å²) >= 11 is 12.0. The molecule has 0 spiro atoms. The zero-order valence-electron chi connectivity index (χ0n) is 13.0. The summed E-state index contributed by atoms with van der Waals surface area (Å²) in [4.78, 5) is 12.3. The lowest BCUT2D eigenvalue weighted by molar-refractivity contribution is -0.122. The van der Waals surface area contributed by atoms with Crippen LogP contribution in [0.15, 0.2) is 36.4 Å². The Kier molecular flexibility index (Phi) is 5.74. The summed E-state index contributed by atoms with van der Waals surface area (Å²) in [7, 11) is 1.52. The van der Waals surface area contributed by atoms with Gasteiger partial charge in [0.15, 0.2) is 6.10 Å². The molecule has 1 unspecified atom stereocenters. The van der Waals surface area contributed by atoms with Crippen molar-refractivity contribution in [1.29, 1.82) is 0 Å². The van der Waals surface area contributed by atoms with Crippen LogP contribution in [0.4, 0.5) is 5.69 Å². The van der Waals surface area contributed by atoms with E-state index in [0.717, 1.165) is 5.56 Å². The third-order valence-corrected chi connectivity index (χ3v) is 3.73. The first-order valence-corrected chi connectivity index (χ1v) is 7.73. The molecule has 0 saturated heterocycles. The molecule has 0 fully saturated rings. The molecule has 0 aliphatic heterocycles. The molecule has 0 radical (unpaired) electrons. The first-order valence-electron chi connectivity index (χ1n) is 6.98. The fourth-order valence-corrected chi connectivity index (χ4v) is 2.29. The summed E-state index contributed by atoms with van der Waals surface area (Å²) in [5, 5.41) is 3.69. The monoisotopic (exact) mass is 353 g/mol. The van der Waals surface area contributed by atoms with Gasteiger partial charge in [0.2, 0.25) is 0 Å². The Balaban J connectivity index is 2.11. The standard InChI is InChI=1S/C17H17Cl2NO3/c1-10-4-6-13(19)16(8-10)23-11(2)17(21)20-14-9-12(18)5-7-15(14)22-3/h4-9,11H,1-3H3,(H,20,21). The number of carbonyl (C=O) groups is 1. The number of anilines is 1. The van der Waals surface area contributed by atoms with Gasteiger partial charge in [0, 0.05) is 5.02 Å². The van der Waals surface area contributed by atoms with Crippen LogP contribution in [-0.2, 0) is 4.79 Å². The van der Waals surface area contributed by atoms with Gasteiger partial charge in [-0.15, -0.1) is 0 Å². The van der Waals surface area contributed by atoms with E-state index in [1.54, 1.807) is 37.3 Å². The number of hydrogen-bond acceptors (Lipinski definition) is 3. The van der Waals surface area contributed by atoms with Crippen LogP contribution in [-0.4, -0.2) is 19.1 Å². The molecule has 6 heteroatoms. The number of nitrogens with one attached hydrogen (secondary N) is 1. The molecule has 23 heavy (non-hydrogen) atoms. The Morgan fingerprint density at radius 3 is 2.57 bits per heavy atom. The molecule has 2 aromatic rings. The molecule has 1 atom stereocenters. The number of amides is 1. The largest absolute Gasteiger partial charge is 0.495 e. The van der Waals surface area contributed by atoms with Gasteiger partial charge < -0.3 is 14.8 Å². The molecule has 122 valence electrons. The van der Waals surface area contributed by atoms with Gasteiger partial charge in [-0.3, -0.25) is 4.79 Å². The van der Waals surface area contributed by atoms with Crippen molar-refractivity contribution in [3.63, 3.8) is 0 Å². The lowest BCUT2D eigenvalue weighted by Crippen LogP contribution is -2.30. The van der Waals surface area contributed by atoms with Crippen LogP contribution in [0.1, 0.15) is 12.5 Å². The molecule has 0 bridgehead atoms. The van der Waals surface area contributed by atoms with Crippen LogP contribution >= 0.6 is 23.2 Å². The van der Waals surface area contributed by atoms with Crippen molar-refractivity contribution in [2.45, 2.75) is 20.0 Å². The summed E-state index contributed by atoms with van der Waals surface area (Å²) in [6.07, 6.45) is -0.738.